The number of anilines is 1. The van der Waals surface area contributed by atoms with Crippen molar-refractivity contribution in [1.29, 1.82) is 0 Å². The van der Waals surface area contributed by atoms with Gasteiger partial charge in [0.1, 0.15) is 11.9 Å². The van der Waals surface area contributed by atoms with E-state index in [9.17, 15) is 13.2 Å². The van der Waals surface area contributed by atoms with Gasteiger partial charge in [-0.05, 0) is 37.3 Å². The van der Waals surface area contributed by atoms with Crippen LogP contribution in [0.3, 0.4) is 0 Å². The summed E-state index contributed by atoms with van der Waals surface area (Å²) in [7, 11) is 0. The minimum absolute atomic E-state index is 0.0377. The molecule has 0 bridgehead atoms. The molecule has 0 fully saturated rings. The Balaban J connectivity index is 1.70. The molecule has 152 valence electrons. The molecule has 1 unspecified atom stereocenters. The number of nitrogen functional groups attached to an aromatic ring is 1. The zero-order valence-electron chi connectivity index (χ0n) is 15.6. The maximum atomic E-state index is 14.1. The molecule has 0 aliphatic carbocycles. The fourth-order valence-electron chi connectivity index (χ4n) is 2.97. The summed E-state index contributed by atoms with van der Waals surface area (Å²) < 4.78 is 47.4. The molecule has 0 radical (unpaired) electrons. The normalized spacial score (nSPS) is 12.0. The summed E-state index contributed by atoms with van der Waals surface area (Å²) in [6, 6.07) is 6.85. The maximum Gasteiger partial charge on any atom is 0.249 e. The van der Waals surface area contributed by atoms with E-state index in [1.165, 1.54) is 53.7 Å². The van der Waals surface area contributed by atoms with Crippen molar-refractivity contribution in [3.63, 3.8) is 0 Å². The van der Waals surface area contributed by atoms with Crippen LogP contribution in [0.4, 0.5) is 19.0 Å². The van der Waals surface area contributed by atoms with Gasteiger partial charge in [0.25, 0.3) is 0 Å². The Kier molecular flexibility index (Phi) is 5.05. The number of halogens is 3. The van der Waals surface area contributed by atoms with Gasteiger partial charge in [-0.15, -0.1) is 0 Å². The van der Waals surface area contributed by atoms with Crippen molar-refractivity contribution in [3.05, 3.63) is 78.3 Å². The molecule has 1 aromatic carbocycles. The predicted molar refractivity (Wildman–Crippen MR) is 102 cm³/mol. The van der Waals surface area contributed by atoms with Crippen molar-refractivity contribution in [2.45, 2.75) is 13.0 Å². The molecule has 4 aromatic rings. The summed E-state index contributed by atoms with van der Waals surface area (Å²) in [6.45, 7) is 1.68. The van der Waals surface area contributed by atoms with Crippen LogP contribution in [0.25, 0.3) is 16.8 Å². The topological polar surface area (TPSA) is 91.7 Å². The highest BCUT2D eigenvalue weighted by molar-refractivity contribution is 5.67. The van der Waals surface area contributed by atoms with Gasteiger partial charge < -0.3 is 10.5 Å². The van der Waals surface area contributed by atoms with Crippen LogP contribution in [0.1, 0.15) is 18.6 Å². The second-order valence-electron chi connectivity index (χ2n) is 6.35. The summed E-state index contributed by atoms with van der Waals surface area (Å²) in [5.74, 6) is -2.64. The highest BCUT2D eigenvalue weighted by atomic mass is 19.2. The number of hydrogen-bond acceptors (Lipinski definition) is 6. The van der Waals surface area contributed by atoms with Gasteiger partial charge in [-0.3, -0.25) is 0 Å². The fraction of sp³-hybridized carbons (Fsp3) is 0.100. The van der Waals surface area contributed by atoms with E-state index in [1.54, 1.807) is 6.92 Å². The van der Waals surface area contributed by atoms with Gasteiger partial charge in [0.05, 0.1) is 18.1 Å². The highest BCUT2D eigenvalue weighted by Crippen LogP contribution is 2.33. The average Bonchev–Trinajstić information content (AvgIpc) is 3.26. The van der Waals surface area contributed by atoms with E-state index >= 15 is 0 Å². The Hall–Kier alpha value is -3.95. The Morgan fingerprint density at radius 3 is 2.53 bits per heavy atom. The third-order valence-corrected chi connectivity index (χ3v) is 4.40. The first-order valence-corrected chi connectivity index (χ1v) is 8.82. The van der Waals surface area contributed by atoms with Crippen LogP contribution in [-0.2, 0) is 0 Å². The lowest BCUT2D eigenvalue weighted by Gasteiger charge is -2.19. The standard InChI is InChI=1S/C20H15F3N6O/c1-11(15-9-13(21)2-3-16(15)29-27-6-7-28-29)30-17-8-12(10-26-20(17)24)14-4-5-25-19(23)18(14)22/h2-11H,1H3,(H2,24,26). The van der Waals surface area contributed by atoms with Gasteiger partial charge in [-0.1, -0.05) is 0 Å². The monoisotopic (exact) mass is 412 g/mol. The number of aromatic nitrogens is 5. The Morgan fingerprint density at radius 2 is 1.77 bits per heavy atom. The molecule has 10 heteroatoms. The minimum atomic E-state index is -1.23. The summed E-state index contributed by atoms with van der Waals surface area (Å²) in [5, 5.41) is 8.13. The van der Waals surface area contributed by atoms with Crippen molar-refractivity contribution >= 4 is 5.82 Å². The lowest BCUT2D eigenvalue weighted by atomic mass is 10.1. The molecule has 4 rings (SSSR count). The second kappa shape index (κ2) is 7.82. The smallest absolute Gasteiger partial charge is 0.249 e. The summed E-state index contributed by atoms with van der Waals surface area (Å²) in [5.41, 5.74) is 7.08. The van der Waals surface area contributed by atoms with Crippen molar-refractivity contribution in [1.82, 2.24) is 25.0 Å². The number of hydrogen-bond donors (Lipinski definition) is 1. The van der Waals surface area contributed by atoms with Gasteiger partial charge in [0, 0.05) is 29.1 Å². The lowest BCUT2D eigenvalue weighted by molar-refractivity contribution is 0.226. The molecule has 0 aliphatic heterocycles. The molecule has 0 amide bonds. The first-order valence-electron chi connectivity index (χ1n) is 8.82. The van der Waals surface area contributed by atoms with E-state index in [2.05, 4.69) is 20.2 Å². The van der Waals surface area contributed by atoms with E-state index < -0.39 is 23.7 Å². The fourth-order valence-corrected chi connectivity index (χ4v) is 2.97. The first kappa shape index (κ1) is 19.4. The average molecular weight is 412 g/mol. The van der Waals surface area contributed by atoms with Gasteiger partial charge in [-0.2, -0.15) is 19.4 Å². The third kappa shape index (κ3) is 3.66. The highest BCUT2D eigenvalue weighted by Gasteiger charge is 2.19. The number of ether oxygens (including phenoxy) is 1. The number of nitrogens with zero attached hydrogens (tertiary/aromatic N) is 5. The van der Waals surface area contributed by atoms with E-state index in [-0.39, 0.29) is 22.7 Å². The molecular formula is C20H15F3N6O. The second-order valence-corrected chi connectivity index (χ2v) is 6.35. The Morgan fingerprint density at radius 1 is 1.00 bits per heavy atom. The quantitative estimate of drug-likeness (QED) is 0.501. The predicted octanol–water partition coefficient (Wildman–Crippen LogP) is 3.86. The molecule has 0 saturated heterocycles. The molecule has 0 saturated carbocycles. The van der Waals surface area contributed by atoms with E-state index in [4.69, 9.17) is 10.5 Å². The van der Waals surface area contributed by atoms with Crippen LogP contribution < -0.4 is 10.5 Å². The van der Waals surface area contributed by atoms with E-state index in [0.717, 1.165) is 6.20 Å². The van der Waals surface area contributed by atoms with Crippen molar-refractivity contribution in [3.8, 4) is 22.6 Å². The summed E-state index contributed by atoms with van der Waals surface area (Å²) in [4.78, 5) is 8.60. The van der Waals surface area contributed by atoms with Gasteiger partial charge in [0.15, 0.2) is 17.4 Å². The summed E-state index contributed by atoms with van der Waals surface area (Å²) >= 11 is 0. The molecule has 3 aromatic heterocycles. The van der Waals surface area contributed by atoms with Gasteiger partial charge >= 0.3 is 0 Å². The van der Waals surface area contributed by atoms with Crippen LogP contribution in [0.15, 0.2) is 55.1 Å². The molecule has 30 heavy (non-hydrogen) atoms. The van der Waals surface area contributed by atoms with Crippen molar-refractivity contribution in [2.75, 3.05) is 5.73 Å². The zero-order chi connectivity index (χ0) is 21.3. The zero-order valence-corrected chi connectivity index (χ0v) is 15.6. The van der Waals surface area contributed by atoms with Crippen LogP contribution in [0.5, 0.6) is 5.75 Å². The van der Waals surface area contributed by atoms with Gasteiger partial charge in [-0.25, -0.2) is 18.7 Å². The SMILES string of the molecule is CC(Oc1cc(-c2ccnc(F)c2F)cnc1N)c1cc(F)ccc1-n1nccn1. The number of pyridine rings is 2. The molecule has 0 aliphatic rings. The van der Waals surface area contributed by atoms with Crippen molar-refractivity contribution < 1.29 is 17.9 Å². The van der Waals surface area contributed by atoms with E-state index in [0.29, 0.717) is 11.3 Å². The number of benzene rings is 1. The molecule has 7 nitrogen and oxygen atoms in total. The van der Waals surface area contributed by atoms with Crippen LogP contribution in [0.2, 0.25) is 0 Å². The molecule has 3 heterocycles. The number of rotatable bonds is 5. The molecule has 2 N–H and O–H groups in total. The van der Waals surface area contributed by atoms with Crippen molar-refractivity contribution in [2.24, 2.45) is 0 Å². The lowest BCUT2D eigenvalue weighted by Crippen LogP contribution is -2.11. The first-order chi connectivity index (χ1) is 14.4. The minimum Gasteiger partial charge on any atom is -0.482 e. The van der Waals surface area contributed by atoms with Gasteiger partial charge in [0.2, 0.25) is 5.95 Å². The van der Waals surface area contributed by atoms with Crippen LogP contribution in [-0.4, -0.2) is 25.0 Å². The molecule has 1 atom stereocenters. The maximum absolute atomic E-state index is 14.1. The van der Waals surface area contributed by atoms with E-state index in [1.807, 2.05) is 0 Å². The number of nitrogens with two attached hydrogens (primary N) is 1. The Labute approximate surface area is 169 Å². The molecule has 0 spiro atoms. The molecular weight excluding hydrogens is 397 g/mol. The Bertz CT molecular complexity index is 1200. The largest absolute Gasteiger partial charge is 0.482 e. The third-order valence-electron chi connectivity index (χ3n) is 4.40. The van der Waals surface area contributed by atoms with Crippen LogP contribution >= 0.6 is 0 Å². The summed E-state index contributed by atoms with van der Waals surface area (Å²) in [6.07, 6.45) is 4.73. The van der Waals surface area contributed by atoms with Crippen LogP contribution in [0, 0.1) is 17.6 Å².